The molecule has 0 aliphatic carbocycles. The van der Waals surface area contributed by atoms with Crippen LogP contribution in [-0.2, 0) is 13.0 Å². The van der Waals surface area contributed by atoms with Crippen LogP contribution in [0.4, 0.5) is 0 Å². The second-order valence-electron chi connectivity index (χ2n) is 7.29. The Bertz CT molecular complexity index is 1180. The van der Waals surface area contributed by atoms with Crippen LogP contribution in [0.15, 0.2) is 60.8 Å². The zero-order chi connectivity index (χ0) is 19.1. The molecule has 5 rings (SSSR count). The summed E-state index contributed by atoms with van der Waals surface area (Å²) in [6, 6.07) is 18.0. The van der Waals surface area contributed by atoms with E-state index < -0.39 is 0 Å². The number of amides is 1. The molecule has 138 valence electrons. The lowest BCUT2D eigenvalue weighted by Crippen LogP contribution is -2.35. The standard InChI is InChI=1S/C23H20N4O/c1-15-6-8-16(9-7-15)22-12-19(18-4-2-3-5-21(18)25-22)23(28)27-11-10-20-17(14-27)13-24-26-20/h2-9,12-13H,10-11,14H2,1H3,(H,24,26). The van der Waals surface area contributed by atoms with Crippen molar-refractivity contribution >= 4 is 16.8 Å². The van der Waals surface area contributed by atoms with Crippen LogP contribution in [0.25, 0.3) is 22.2 Å². The third-order valence-electron chi connectivity index (χ3n) is 5.38. The highest BCUT2D eigenvalue weighted by atomic mass is 16.2. The minimum atomic E-state index is 0.0406. The van der Waals surface area contributed by atoms with E-state index in [1.165, 1.54) is 5.56 Å². The summed E-state index contributed by atoms with van der Waals surface area (Å²) in [5.41, 5.74) is 6.80. The maximum absolute atomic E-state index is 13.5. The third kappa shape index (κ3) is 2.85. The number of pyridine rings is 1. The number of aryl methyl sites for hydroxylation is 1. The van der Waals surface area contributed by atoms with Crippen molar-refractivity contribution < 1.29 is 4.79 Å². The Morgan fingerprint density at radius 2 is 1.93 bits per heavy atom. The molecule has 3 heterocycles. The monoisotopic (exact) mass is 368 g/mol. The molecule has 5 nitrogen and oxygen atoms in total. The van der Waals surface area contributed by atoms with Crippen LogP contribution >= 0.6 is 0 Å². The number of benzene rings is 2. The Balaban J connectivity index is 1.60. The van der Waals surface area contributed by atoms with Crippen LogP contribution in [-0.4, -0.2) is 32.5 Å². The van der Waals surface area contributed by atoms with Crippen LogP contribution in [0.1, 0.15) is 27.2 Å². The van der Waals surface area contributed by atoms with E-state index in [0.29, 0.717) is 18.7 Å². The molecule has 2 aromatic carbocycles. The van der Waals surface area contributed by atoms with Crippen LogP contribution in [0.5, 0.6) is 0 Å². The van der Waals surface area contributed by atoms with Crippen molar-refractivity contribution in [3.05, 3.63) is 83.2 Å². The van der Waals surface area contributed by atoms with Crippen molar-refractivity contribution in [3.63, 3.8) is 0 Å². The molecule has 0 saturated carbocycles. The Kier molecular flexibility index (Phi) is 3.93. The smallest absolute Gasteiger partial charge is 0.254 e. The van der Waals surface area contributed by atoms with Crippen LogP contribution in [0.3, 0.4) is 0 Å². The molecule has 0 bridgehead atoms. The van der Waals surface area contributed by atoms with Crippen molar-refractivity contribution in [2.24, 2.45) is 0 Å². The zero-order valence-electron chi connectivity index (χ0n) is 15.6. The maximum Gasteiger partial charge on any atom is 0.254 e. The van der Waals surface area contributed by atoms with Gasteiger partial charge in [0.05, 0.1) is 23.0 Å². The van der Waals surface area contributed by atoms with Crippen molar-refractivity contribution in [3.8, 4) is 11.3 Å². The number of aromatic nitrogens is 3. The van der Waals surface area contributed by atoms with Gasteiger partial charge in [-0.25, -0.2) is 4.98 Å². The summed E-state index contributed by atoms with van der Waals surface area (Å²) in [7, 11) is 0. The minimum Gasteiger partial charge on any atom is -0.334 e. The molecule has 0 radical (unpaired) electrons. The summed E-state index contributed by atoms with van der Waals surface area (Å²) in [6.07, 6.45) is 2.62. The number of carbonyl (C=O) groups excluding carboxylic acids is 1. The number of H-pyrrole nitrogens is 1. The van der Waals surface area contributed by atoms with Crippen LogP contribution < -0.4 is 0 Å². The van der Waals surface area contributed by atoms with Gasteiger partial charge in [-0.3, -0.25) is 9.89 Å². The first kappa shape index (κ1) is 16.7. The molecule has 1 N–H and O–H groups in total. The van der Waals surface area contributed by atoms with Gasteiger partial charge in [0.1, 0.15) is 0 Å². The quantitative estimate of drug-likeness (QED) is 0.579. The molecule has 0 atom stereocenters. The van der Waals surface area contributed by atoms with Crippen LogP contribution in [0, 0.1) is 6.92 Å². The van der Waals surface area contributed by atoms with Gasteiger partial charge in [0.2, 0.25) is 0 Å². The first-order valence-corrected chi connectivity index (χ1v) is 9.46. The highest BCUT2D eigenvalue weighted by Crippen LogP contribution is 2.27. The van der Waals surface area contributed by atoms with Gasteiger partial charge in [0.25, 0.3) is 5.91 Å². The number of hydrogen-bond acceptors (Lipinski definition) is 3. The molecule has 4 aromatic rings. The summed E-state index contributed by atoms with van der Waals surface area (Å²) < 4.78 is 0. The normalized spacial score (nSPS) is 13.5. The topological polar surface area (TPSA) is 61.9 Å². The lowest BCUT2D eigenvalue weighted by Gasteiger charge is -2.27. The van der Waals surface area contributed by atoms with Gasteiger partial charge in [-0.15, -0.1) is 0 Å². The highest BCUT2D eigenvalue weighted by Gasteiger charge is 2.25. The summed E-state index contributed by atoms with van der Waals surface area (Å²) in [6.45, 7) is 3.33. The molecule has 0 unspecified atom stereocenters. The molecule has 2 aromatic heterocycles. The van der Waals surface area contributed by atoms with E-state index in [-0.39, 0.29) is 5.91 Å². The van der Waals surface area contributed by atoms with Gasteiger partial charge in [-0.2, -0.15) is 5.10 Å². The molecule has 0 saturated heterocycles. The Labute approximate surface area is 163 Å². The fraction of sp³-hybridized carbons (Fsp3) is 0.174. The largest absolute Gasteiger partial charge is 0.334 e. The molecule has 1 aliphatic heterocycles. The van der Waals surface area contributed by atoms with Crippen molar-refractivity contribution in [1.82, 2.24) is 20.1 Å². The summed E-state index contributed by atoms with van der Waals surface area (Å²) in [5.74, 6) is 0.0406. The van der Waals surface area contributed by atoms with Crippen LogP contribution in [0.2, 0.25) is 0 Å². The first-order valence-electron chi connectivity index (χ1n) is 9.46. The van der Waals surface area contributed by atoms with E-state index in [1.807, 2.05) is 41.4 Å². The lowest BCUT2D eigenvalue weighted by atomic mass is 10.0. The number of nitrogens with one attached hydrogen (secondary N) is 1. The van der Waals surface area contributed by atoms with E-state index in [4.69, 9.17) is 4.98 Å². The van der Waals surface area contributed by atoms with Gasteiger partial charge in [0.15, 0.2) is 0 Å². The third-order valence-corrected chi connectivity index (χ3v) is 5.38. The van der Waals surface area contributed by atoms with E-state index >= 15 is 0 Å². The molecular formula is C23H20N4O. The lowest BCUT2D eigenvalue weighted by molar-refractivity contribution is 0.0736. The molecule has 1 aliphatic rings. The Morgan fingerprint density at radius 3 is 2.79 bits per heavy atom. The second kappa shape index (κ2) is 6.60. The van der Waals surface area contributed by atoms with Gasteiger partial charge in [-0.1, -0.05) is 48.0 Å². The maximum atomic E-state index is 13.5. The fourth-order valence-corrected chi connectivity index (χ4v) is 3.79. The second-order valence-corrected chi connectivity index (χ2v) is 7.29. The first-order chi connectivity index (χ1) is 13.7. The van der Waals surface area contributed by atoms with Gasteiger partial charge >= 0.3 is 0 Å². The van der Waals surface area contributed by atoms with E-state index in [0.717, 1.165) is 39.8 Å². The van der Waals surface area contributed by atoms with Gasteiger partial charge in [-0.05, 0) is 19.1 Å². The number of para-hydroxylation sites is 1. The Hall–Kier alpha value is -3.47. The average Bonchev–Trinajstić information content (AvgIpc) is 3.21. The predicted octanol–water partition coefficient (Wildman–Crippen LogP) is 4.13. The molecule has 0 fully saturated rings. The number of aromatic amines is 1. The average molecular weight is 368 g/mol. The van der Waals surface area contributed by atoms with E-state index in [9.17, 15) is 4.79 Å². The molecule has 5 heteroatoms. The molecular weight excluding hydrogens is 348 g/mol. The predicted molar refractivity (Wildman–Crippen MR) is 109 cm³/mol. The number of hydrogen-bond donors (Lipinski definition) is 1. The van der Waals surface area contributed by atoms with Gasteiger partial charge in [0, 0.05) is 41.7 Å². The van der Waals surface area contributed by atoms with Crippen molar-refractivity contribution in [2.75, 3.05) is 6.54 Å². The molecule has 0 spiro atoms. The summed E-state index contributed by atoms with van der Waals surface area (Å²) in [4.78, 5) is 20.2. The zero-order valence-corrected chi connectivity index (χ0v) is 15.6. The number of rotatable bonds is 2. The van der Waals surface area contributed by atoms with Gasteiger partial charge < -0.3 is 4.90 Å². The summed E-state index contributed by atoms with van der Waals surface area (Å²) in [5, 5.41) is 8.02. The number of fused-ring (bicyclic) bond motifs is 2. The molecule has 28 heavy (non-hydrogen) atoms. The minimum absolute atomic E-state index is 0.0406. The fourth-order valence-electron chi connectivity index (χ4n) is 3.79. The number of carbonyl (C=O) groups is 1. The SMILES string of the molecule is Cc1ccc(-c2cc(C(=O)N3CCc4[nH]ncc4C3)c3ccccc3n2)cc1. The van der Waals surface area contributed by atoms with E-state index in [1.54, 1.807) is 0 Å². The van der Waals surface area contributed by atoms with Crippen molar-refractivity contribution in [1.29, 1.82) is 0 Å². The number of nitrogens with zero attached hydrogens (tertiary/aromatic N) is 3. The highest BCUT2D eigenvalue weighted by molar-refractivity contribution is 6.07. The van der Waals surface area contributed by atoms with Crippen molar-refractivity contribution in [2.45, 2.75) is 19.9 Å². The van der Waals surface area contributed by atoms with E-state index in [2.05, 4.69) is 41.4 Å². The Morgan fingerprint density at radius 1 is 1.11 bits per heavy atom. The molecule has 1 amide bonds. The summed E-state index contributed by atoms with van der Waals surface area (Å²) >= 11 is 0.